The van der Waals surface area contributed by atoms with Crippen LogP contribution in [-0.4, -0.2) is 23.7 Å². The normalized spacial score (nSPS) is 14.3. The number of ether oxygens (including phenoxy) is 2. The van der Waals surface area contributed by atoms with E-state index in [-0.39, 0.29) is 18.2 Å². The predicted molar refractivity (Wildman–Crippen MR) is 130 cm³/mol. The van der Waals surface area contributed by atoms with E-state index in [1.54, 1.807) is 37.3 Å². The second-order valence-electron chi connectivity index (χ2n) is 7.44. The highest BCUT2D eigenvalue weighted by Crippen LogP contribution is 2.38. The number of hydrazone groups is 1. The Hall–Kier alpha value is -4.17. The summed E-state index contributed by atoms with van der Waals surface area (Å²) in [5, 5.41) is 16.9. The molecule has 3 aromatic carbocycles. The first-order chi connectivity index (χ1) is 16.4. The summed E-state index contributed by atoms with van der Waals surface area (Å²) in [6.07, 6.45) is 1.71. The van der Waals surface area contributed by atoms with E-state index in [1.165, 1.54) is 24.3 Å². The molecule has 0 aliphatic carbocycles. The number of anilines is 1. The lowest BCUT2D eigenvalue weighted by Crippen LogP contribution is -2.21. The molecule has 9 heteroatoms. The zero-order valence-electron chi connectivity index (χ0n) is 18.4. The van der Waals surface area contributed by atoms with Crippen LogP contribution in [0.2, 0.25) is 5.02 Å². The zero-order chi connectivity index (χ0) is 24.2. The molecule has 0 unspecified atom stereocenters. The van der Waals surface area contributed by atoms with Gasteiger partial charge in [-0.1, -0.05) is 29.8 Å². The van der Waals surface area contributed by atoms with Crippen molar-refractivity contribution in [2.24, 2.45) is 5.10 Å². The SMILES string of the molecule is COc1cc(/C=C2\C(=O)N(c3ccccc3)N=C2C)cc(Cl)c1OCc1ccc([N+](=O)[O-])cc1. The minimum absolute atomic E-state index is 0.00266. The van der Waals surface area contributed by atoms with Gasteiger partial charge in [0.1, 0.15) is 6.61 Å². The van der Waals surface area contributed by atoms with Crippen LogP contribution >= 0.6 is 11.6 Å². The largest absolute Gasteiger partial charge is 0.493 e. The molecular weight excluding hydrogens is 458 g/mol. The van der Waals surface area contributed by atoms with Gasteiger partial charge < -0.3 is 9.47 Å². The van der Waals surface area contributed by atoms with E-state index in [9.17, 15) is 14.9 Å². The molecule has 1 heterocycles. The number of halogens is 1. The fourth-order valence-electron chi connectivity index (χ4n) is 3.43. The van der Waals surface area contributed by atoms with Gasteiger partial charge in [-0.2, -0.15) is 10.1 Å². The van der Waals surface area contributed by atoms with Crippen molar-refractivity contribution < 1.29 is 19.2 Å². The number of para-hydroxylation sites is 1. The quantitative estimate of drug-likeness (QED) is 0.249. The Labute approximate surface area is 200 Å². The molecule has 0 saturated heterocycles. The summed E-state index contributed by atoms with van der Waals surface area (Å²) in [5.41, 5.74) is 3.10. The van der Waals surface area contributed by atoms with Crippen LogP contribution in [0.5, 0.6) is 11.5 Å². The van der Waals surface area contributed by atoms with E-state index in [4.69, 9.17) is 21.1 Å². The monoisotopic (exact) mass is 477 g/mol. The second kappa shape index (κ2) is 9.76. The van der Waals surface area contributed by atoms with Crippen LogP contribution in [0.1, 0.15) is 18.1 Å². The summed E-state index contributed by atoms with van der Waals surface area (Å²) < 4.78 is 11.3. The number of non-ortho nitro benzene ring substituents is 1. The van der Waals surface area contributed by atoms with E-state index in [2.05, 4.69) is 5.10 Å². The van der Waals surface area contributed by atoms with Crippen LogP contribution in [0.25, 0.3) is 6.08 Å². The van der Waals surface area contributed by atoms with E-state index >= 15 is 0 Å². The Morgan fingerprint density at radius 2 is 1.82 bits per heavy atom. The molecule has 0 aromatic heterocycles. The summed E-state index contributed by atoms with van der Waals surface area (Å²) in [7, 11) is 1.49. The predicted octanol–water partition coefficient (Wildman–Crippen LogP) is 5.64. The Balaban J connectivity index is 1.56. The molecule has 0 N–H and O–H groups in total. The van der Waals surface area contributed by atoms with Gasteiger partial charge in [0.05, 0.1) is 34.0 Å². The lowest BCUT2D eigenvalue weighted by molar-refractivity contribution is -0.384. The fraction of sp³-hybridized carbons (Fsp3) is 0.120. The molecule has 0 saturated carbocycles. The van der Waals surface area contributed by atoms with E-state index < -0.39 is 4.92 Å². The van der Waals surface area contributed by atoms with Crippen molar-refractivity contribution in [2.45, 2.75) is 13.5 Å². The molecule has 8 nitrogen and oxygen atoms in total. The highest BCUT2D eigenvalue weighted by Gasteiger charge is 2.28. The number of carbonyl (C=O) groups excluding carboxylic acids is 1. The maximum atomic E-state index is 13.0. The van der Waals surface area contributed by atoms with Crippen molar-refractivity contribution in [3.05, 3.63) is 98.6 Å². The number of methoxy groups -OCH3 is 1. The molecule has 0 fully saturated rings. The van der Waals surface area contributed by atoms with Gasteiger partial charge in [0.25, 0.3) is 11.6 Å². The Kier molecular flexibility index (Phi) is 6.60. The van der Waals surface area contributed by atoms with Crippen LogP contribution in [0.4, 0.5) is 11.4 Å². The number of nitrogens with zero attached hydrogens (tertiary/aromatic N) is 3. The van der Waals surface area contributed by atoms with Gasteiger partial charge in [0.2, 0.25) is 0 Å². The lowest BCUT2D eigenvalue weighted by atomic mass is 10.1. The summed E-state index contributed by atoms with van der Waals surface area (Å²) >= 11 is 6.48. The number of hydrogen-bond donors (Lipinski definition) is 0. The highest BCUT2D eigenvalue weighted by atomic mass is 35.5. The first-order valence-corrected chi connectivity index (χ1v) is 10.7. The minimum Gasteiger partial charge on any atom is -0.493 e. The third-order valence-corrected chi connectivity index (χ3v) is 5.44. The van der Waals surface area contributed by atoms with Gasteiger partial charge in [-0.15, -0.1) is 0 Å². The minimum atomic E-state index is -0.460. The van der Waals surface area contributed by atoms with E-state index in [0.717, 1.165) is 5.56 Å². The molecule has 1 aliphatic rings. The lowest BCUT2D eigenvalue weighted by Gasteiger charge is -2.14. The van der Waals surface area contributed by atoms with Crippen molar-refractivity contribution in [3.63, 3.8) is 0 Å². The van der Waals surface area contributed by atoms with Crippen molar-refractivity contribution in [1.82, 2.24) is 0 Å². The smallest absolute Gasteiger partial charge is 0.280 e. The molecule has 1 aliphatic heterocycles. The molecule has 0 bridgehead atoms. The average molecular weight is 478 g/mol. The number of amides is 1. The molecule has 0 radical (unpaired) electrons. The van der Waals surface area contributed by atoms with Crippen LogP contribution in [0, 0.1) is 10.1 Å². The molecule has 4 rings (SSSR count). The number of rotatable bonds is 7. The number of nitro benzene ring substituents is 1. The molecular formula is C25H20ClN3O5. The maximum absolute atomic E-state index is 13.0. The second-order valence-corrected chi connectivity index (χ2v) is 7.85. The molecule has 34 heavy (non-hydrogen) atoms. The summed E-state index contributed by atoms with van der Waals surface area (Å²) in [5.74, 6) is 0.484. The van der Waals surface area contributed by atoms with Crippen LogP contribution in [-0.2, 0) is 11.4 Å². The number of carbonyl (C=O) groups is 1. The molecule has 172 valence electrons. The van der Waals surface area contributed by atoms with E-state index in [0.29, 0.717) is 39.1 Å². The summed E-state index contributed by atoms with van der Waals surface area (Å²) in [6, 6.07) is 18.6. The Morgan fingerprint density at radius 3 is 2.47 bits per heavy atom. The average Bonchev–Trinajstić information content (AvgIpc) is 3.12. The van der Waals surface area contributed by atoms with Crippen molar-refractivity contribution >= 4 is 40.7 Å². The van der Waals surface area contributed by atoms with Crippen molar-refractivity contribution in [2.75, 3.05) is 12.1 Å². The molecule has 1 amide bonds. The summed E-state index contributed by atoms with van der Waals surface area (Å²) in [6.45, 7) is 1.91. The molecule has 3 aromatic rings. The van der Waals surface area contributed by atoms with Gasteiger partial charge in [-0.25, -0.2) is 0 Å². The zero-order valence-corrected chi connectivity index (χ0v) is 19.2. The number of benzene rings is 3. The Morgan fingerprint density at radius 1 is 1.12 bits per heavy atom. The van der Waals surface area contributed by atoms with Gasteiger partial charge in [-0.05, 0) is 60.5 Å². The standard InChI is InChI=1S/C25H20ClN3O5/c1-16-21(25(30)28(27-16)19-6-4-3-5-7-19)12-18-13-22(26)24(23(14-18)33-2)34-15-17-8-10-20(11-9-17)29(31)32/h3-14H,15H2,1-2H3/b21-12-. The Bertz CT molecular complexity index is 1300. The molecule has 0 atom stereocenters. The van der Waals surface area contributed by atoms with Gasteiger partial charge in [0.15, 0.2) is 11.5 Å². The van der Waals surface area contributed by atoms with Crippen LogP contribution in [0.3, 0.4) is 0 Å². The topological polar surface area (TPSA) is 94.3 Å². The summed E-state index contributed by atoms with van der Waals surface area (Å²) in [4.78, 5) is 23.3. The van der Waals surface area contributed by atoms with Crippen molar-refractivity contribution in [1.29, 1.82) is 0 Å². The van der Waals surface area contributed by atoms with Crippen molar-refractivity contribution in [3.8, 4) is 11.5 Å². The van der Waals surface area contributed by atoms with Gasteiger partial charge in [0, 0.05) is 12.1 Å². The van der Waals surface area contributed by atoms with Gasteiger partial charge >= 0.3 is 0 Å². The maximum Gasteiger partial charge on any atom is 0.280 e. The van der Waals surface area contributed by atoms with E-state index in [1.807, 2.05) is 30.3 Å². The van der Waals surface area contributed by atoms with Crippen LogP contribution in [0.15, 0.2) is 77.4 Å². The first kappa shape index (κ1) is 23.0. The number of hydrogen-bond acceptors (Lipinski definition) is 6. The van der Waals surface area contributed by atoms with Crippen LogP contribution < -0.4 is 14.5 Å². The third kappa shape index (κ3) is 4.77. The number of nitro groups is 1. The molecule has 0 spiro atoms. The first-order valence-electron chi connectivity index (χ1n) is 10.3. The fourth-order valence-corrected chi connectivity index (χ4v) is 3.70. The van der Waals surface area contributed by atoms with Gasteiger partial charge in [-0.3, -0.25) is 14.9 Å². The third-order valence-electron chi connectivity index (χ3n) is 5.16. The highest BCUT2D eigenvalue weighted by molar-refractivity contribution is 6.33.